The summed E-state index contributed by atoms with van der Waals surface area (Å²) in [6, 6.07) is 7.04. The number of nitrogens with zero attached hydrogens (tertiary/aromatic N) is 1. The number of nitrogens with one attached hydrogen (secondary N) is 2. The van der Waals surface area contributed by atoms with E-state index in [0.717, 1.165) is 17.7 Å². The molecule has 1 heterocycles. The Labute approximate surface area is 132 Å². The molecule has 1 aliphatic rings. The van der Waals surface area contributed by atoms with E-state index in [-0.39, 0.29) is 23.5 Å². The van der Waals surface area contributed by atoms with Crippen molar-refractivity contribution in [1.29, 1.82) is 0 Å². The number of carbonyl (C=O) groups excluding carboxylic acids is 2. The Kier molecular flexibility index (Phi) is 4.74. The van der Waals surface area contributed by atoms with E-state index in [1.165, 1.54) is 0 Å². The zero-order chi connectivity index (χ0) is 16.3. The molecule has 2 rings (SSSR count). The van der Waals surface area contributed by atoms with Gasteiger partial charge in [-0.1, -0.05) is 18.2 Å². The molecule has 0 aromatic heterocycles. The van der Waals surface area contributed by atoms with Crippen LogP contribution < -0.4 is 10.6 Å². The smallest absolute Gasteiger partial charge is 0.322 e. The zero-order valence-electron chi connectivity index (χ0n) is 13.8. The van der Waals surface area contributed by atoms with E-state index >= 15 is 0 Å². The van der Waals surface area contributed by atoms with Crippen molar-refractivity contribution in [1.82, 2.24) is 10.2 Å². The average Bonchev–Trinajstić information content (AvgIpc) is 2.89. The van der Waals surface area contributed by atoms with E-state index in [1.54, 1.807) is 4.90 Å². The molecular weight excluding hydrogens is 278 g/mol. The Morgan fingerprint density at radius 2 is 1.91 bits per heavy atom. The first-order valence-corrected chi connectivity index (χ1v) is 7.73. The van der Waals surface area contributed by atoms with Crippen LogP contribution >= 0.6 is 0 Å². The predicted molar refractivity (Wildman–Crippen MR) is 87.8 cm³/mol. The number of carbonyl (C=O) groups is 2. The van der Waals surface area contributed by atoms with Gasteiger partial charge in [0.05, 0.1) is 0 Å². The van der Waals surface area contributed by atoms with E-state index in [2.05, 4.69) is 10.6 Å². The summed E-state index contributed by atoms with van der Waals surface area (Å²) in [5.74, 6) is -0.0788. The van der Waals surface area contributed by atoms with Gasteiger partial charge in [-0.3, -0.25) is 4.79 Å². The third kappa shape index (κ3) is 4.00. The number of aryl methyl sites for hydroxylation is 1. The maximum absolute atomic E-state index is 12.5. The van der Waals surface area contributed by atoms with Crippen LogP contribution in [0.3, 0.4) is 0 Å². The van der Waals surface area contributed by atoms with Gasteiger partial charge in [0.25, 0.3) is 0 Å². The normalized spacial score (nSPS) is 18.2. The molecule has 22 heavy (non-hydrogen) atoms. The Morgan fingerprint density at radius 3 is 2.55 bits per heavy atom. The number of hydrogen-bond acceptors (Lipinski definition) is 2. The fourth-order valence-corrected chi connectivity index (χ4v) is 2.64. The van der Waals surface area contributed by atoms with Gasteiger partial charge in [-0.2, -0.15) is 0 Å². The summed E-state index contributed by atoms with van der Waals surface area (Å²) >= 11 is 0. The minimum atomic E-state index is -0.386. The summed E-state index contributed by atoms with van der Waals surface area (Å²) < 4.78 is 0. The molecule has 0 bridgehead atoms. The van der Waals surface area contributed by atoms with Crippen molar-refractivity contribution in [2.24, 2.45) is 0 Å². The van der Waals surface area contributed by atoms with E-state index in [0.29, 0.717) is 13.0 Å². The van der Waals surface area contributed by atoms with E-state index < -0.39 is 0 Å². The number of para-hydroxylation sites is 1. The molecule has 2 N–H and O–H groups in total. The molecule has 1 aliphatic heterocycles. The first-order chi connectivity index (χ1) is 10.3. The molecule has 5 nitrogen and oxygen atoms in total. The molecule has 1 aromatic rings. The van der Waals surface area contributed by atoms with Crippen LogP contribution in [0, 0.1) is 6.92 Å². The highest BCUT2D eigenvalue weighted by atomic mass is 16.2. The van der Waals surface area contributed by atoms with Crippen molar-refractivity contribution in [3.63, 3.8) is 0 Å². The van der Waals surface area contributed by atoms with Crippen molar-refractivity contribution in [2.75, 3.05) is 11.9 Å². The molecule has 3 amide bonds. The van der Waals surface area contributed by atoms with Crippen LogP contribution in [-0.4, -0.2) is 35.0 Å². The second kappa shape index (κ2) is 6.38. The van der Waals surface area contributed by atoms with Gasteiger partial charge < -0.3 is 15.5 Å². The van der Waals surface area contributed by atoms with Crippen molar-refractivity contribution < 1.29 is 9.59 Å². The van der Waals surface area contributed by atoms with Crippen LogP contribution in [0.4, 0.5) is 10.5 Å². The van der Waals surface area contributed by atoms with Crippen LogP contribution in [0.2, 0.25) is 0 Å². The largest absolute Gasteiger partial charge is 0.350 e. The Bertz CT molecular complexity index is 563. The van der Waals surface area contributed by atoms with Gasteiger partial charge in [0.1, 0.15) is 6.04 Å². The highest BCUT2D eigenvalue weighted by Crippen LogP contribution is 2.21. The minimum Gasteiger partial charge on any atom is -0.350 e. The van der Waals surface area contributed by atoms with E-state index in [1.807, 2.05) is 52.0 Å². The van der Waals surface area contributed by atoms with Crippen molar-refractivity contribution in [3.8, 4) is 0 Å². The number of benzene rings is 1. The SMILES string of the molecule is Cc1ccccc1NC(=O)N1CCC[C@@H]1C(=O)NC(C)(C)C. The van der Waals surface area contributed by atoms with Crippen molar-refractivity contribution in [2.45, 2.75) is 52.1 Å². The van der Waals surface area contributed by atoms with Gasteiger partial charge >= 0.3 is 6.03 Å². The maximum atomic E-state index is 12.5. The molecule has 1 saturated heterocycles. The van der Waals surface area contributed by atoms with Gasteiger partial charge in [-0.25, -0.2) is 4.79 Å². The molecule has 0 unspecified atom stereocenters. The summed E-state index contributed by atoms with van der Waals surface area (Å²) in [6.07, 6.45) is 1.56. The topological polar surface area (TPSA) is 61.4 Å². The molecule has 0 aliphatic carbocycles. The lowest BCUT2D eigenvalue weighted by atomic mass is 10.1. The van der Waals surface area contributed by atoms with Gasteiger partial charge in [-0.05, 0) is 52.2 Å². The highest BCUT2D eigenvalue weighted by Gasteiger charge is 2.35. The number of urea groups is 1. The summed E-state index contributed by atoms with van der Waals surface area (Å²) in [6.45, 7) is 8.39. The lowest BCUT2D eigenvalue weighted by molar-refractivity contribution is -0.126. The maximum Gasteiger partial charge on any atom is 0.322 e. The average molecular weight is 303 g/mol. The first-order valence-electron chi connectivity index (χ1n) is 7.73. The third-order valence-corrected chi connectivity index (χ3v) is 3.70. The minimum absolute atomic E-state index is 0.0788. The highest BCUT2D eigenvalue weighted by molar-refractivity contribution is 5.94. The van der Waals surface area contributed by atoms with Gasteiger partial charge in [0, 0.05) is 17.8 Å². The number of likely N-dealkylation sites (tertiary alicyclic amines) is 1. The monoisotopic (exact) mass is 303 g/mol. The predicted octanol–water partition coefficient (Wildman–Crippen LogP) is 2.91. The quantitative estimate of drug-likeness (QED) is 0.882. The Hall–Kier alpha value is -2.04. The summed E-state index contributed by atoms with van der Waals surface area (Å²) in [7, 11) is 0. The number of hydrogen-bond donors (Lipinski definition) is 2. The van der Waals surface area contributed by atoms with Crippen LogP contribution in [0.1, 0.15) is 39.2 Å². The second-order valence-electron chi connectivity index (χ2n) is 6.84. The number of rotatable bonds is 2. The molecule has 120 valence electrons. The molecular formula is C17H25N3O2. The molecule has 5 heteroatoms. The Balaban J connectivity index is 2.05. The standard InChI is InChI=1S/C17H25N3O2/c1-12-8-5-6-9-13(12)18-16(22)20-11-7-10-14(20)15(21)19-17(2,3)4/h5-6,8-9,14H,7,10-11H2,1-4H3,(H,18,22)(H,19,21)/t14-/m1/s1. The lowest BCUT2D eigenvalue weighted by Crippen LogP contribution is -2.52. The molecule has 1 aromatic carbocycles. The van der Waals surface area contributed by atoms with Crippen molar-refractivity contribution >= 4 is 17.6 Å². The van der Waals surface area contributed by atoms with E-state index in [4.69, 9.17) is 0 Å². The molecule has 0 spiro atoms. The van der Waals surface area contributed by atoms with Crippen LogP contribution in [0.5, 0.6) is 0 Å². The summed E-state index contributed by atoms with van der Waals surface area (Å²) in [4.78, 5) is 26.5. The summed E-state index contributed by atoms with van der Waals surface area (Å²) in [5, 5.41) is 5.87. The molecule has 0 radical (unpaired) electrons. The van der Waals surface area contributed by atoms with Gasteiger partial charge in [-0.15, -0.1) is 0 Å². The van der Waals surface area contributed by atoms with Gasteiger partial charge in [0.15, 0.2) is 0 Å². The van der Waals surface area contributed by atoms with Crippen LogP contribution in [0.25, 0.3) is 0 Å². The lowest BCUT2D eigenvalue weighted by Gasteiger charge is -2.28. The van der Waals surface area contributed by atoms with Gasteiger partial charge in [0.2, 0.25) is 5.91 Å². The van der Waals surface area contributed by atoms with Crippen LogP contribution in [0.15, 0.2) is 24.3 Å². The Morgan fingerprint density at radius 1 is 1.23 bits per heavy atom. The zero-order valence-corrected chi connectivity index (χ0v) is 13.8. The first kappa shape index (κ1) is 16.3. The molecule has 1 atom stereocenters. The number of anilines is 1. The molecule has 1 fully saturated rings. The number of amides is 3. The van der Waals surface area contributed by atoms with Crippen molar-refractivity contribution in [3.05, 3.63) is 29.8 Å². The van der Waals surface area contributed by atoms with Crippen LogP contribution in [-0.2, 0) is 4.79 Å². The second-order valence-corrected chi connectivity index (χ2v) is 6.84. The third-order valence-electron chi connectivity index (χ3n) is 3.70. The fraction of sp³-hybridized carbons (Fsp3) is 0.529. The fourth-order valence-electron chi connectivity index (χ4n) is 2.64. The summed E-state index contributed by atoms with van der Waals surface area (Å²) in [5.41, 5.74) is 1.50. The van der Waals surface area contributed by atoms with E-state index in [9.17, 15) is 9.59 Å². The molecule has 0 saturated carbocycles.